The summed E-state index contributed by atoms with van der Waals surface area (Å²) in [6.07, 6.45) is -0.108. The third-order valence-corrected chi connectivity index (χ3v) is 7.68. The third kappa shape index (κ3) is 5.29. The summed E-state index contributed by atoms with van der Waals surface area (Å²) in [4.78, 5) is 28.8. The third-order valence-electron chi connectivity index (χ3n) is 7.68. The maximum absolute atomic E-state index is 13.8. The number of carbonyl (C=O) groups excluding carboxylic acids is 2. The molecule has 0 saturated carbocycles. The van der Waals surface area contributed by atoms with E-state index < -0.39 is 41.8 Å². The van der Waals surface area contributed by atoms with Gasteiger partial charge in [-0.1, -0.05) is 12.1 Å². The van der Waals surface area contributed by atoms with Crippen molar-refractivity contribution in [3.8, 4) is 11.5 Å². The molecule has 11 heteroatoms. The second kappa shape index (κ2) is 11.9. The Bertz CT molecular complexity index is 1280. The van der Waals surface area contributed by atoms with Crippen LogP contribution >= 0.6 is 0 Å². The van der Waals surface area contributed by atoms with E-state index >= 15 is 0 Å². The van der Waals surface area contributed by atoms with Crippen molar-refractivity contribution in [1.29, 1.82) is 0 Å². The number of nitrogens with zero attached hydrogens (tertiary/aromatic N) is 1. The van der Waals surface area contributed by atoms with Crippen LogP contribution in [0.25, 0.3) is 0 Å². The van der Waals surface area contributed by atoms with Gasteiger partial charge < -0.3 is 39.7 Å². The number of carbonyl (C=O) groups is 2. The molecule has 1 fully saturated rings. The highest BCUT2D eigenvalue weighted by Crippen LogP contribution is 2.51. The van der Waals surface area contributed by atoms with E-state index in [4.69, 9.17) is 14.2 Å². The van der Waals surface area contributed by atoms with Crippen LogP contribution in [-0.2, 0) is 27.5 Å². The minimum absolute atomic E-state index is 0.00608. The van der Waals surface area contributed by atoms with Crippen molar-refractivity contribution in [2.24, 2.45) is 5.92 Å². The first-order valence-electron chi connectivity index (χ1n) is 13.3. The molecule has 1 saturated heterocycles. The number of hydrogen-bond donors (Lipinski definition) is 4. The van der Waals surface area contributed by atoms with Crippen LogP contribution in [0.5, 0.6) is 11.5 Å². The molecule has 2 aliphatic heterocycles. The first-order valence-corrected chi connectivity index (χ1v) is 13.3. The van der Waals surface area contributed by atoms with Crippen molar-refractivity contribution >= 4 is 11.8 Å². The van der Waals surface area contributed by atoms with Crippen LogP contribution in [-0.4, -0.2) is 83.8 Å². The molecule has 214 valence electrons. The average Bonchev–Trinajstić information content (AvgIpc) is 3.64. The zero-order valence-electron chi connectivity index (χ0n) is 22.1. The molecule has 40 heavy (non-hydrogen) atoms. The molecule has 2 aromatic rings. The largest absolute Gasteiger partial charge is 0.493 e. The van der Waals surface area contributed by atoms with Gasteiger partial charge in [0.25, 0.3) is 0 Å². The van der Waals surface area contributed by atoms with Crippen molar-refractivity contribution in [3.63, 3.8) is 0 Å². The molecular formula is C29H33FN2O8. The van der Waals surface area contributed by atoms with Gasteiger partial charge in [-0.15, -0.1) is 0 Å². The van der Waals surface area contributed by atoms with Crippen LogP contribution in [0.15, 0.2) is 48.0 Å². The fraction of sp³-hybridized carbons (Fsp3) is 0.448. The summed E-state index contributed by atoms with van der Waals surface area (Å²) < 4.78 is 30.8. The highest BCUT2D eigenvalue weighted by atomic mass is 19.1. The molecule has 10 nitrogen and oxygen atoms in total. The molecule has 2 heterocycles. The fourth-order valence-corrected chi connectivity index (χ4v) is 5.70. The Hall–Kier alpha value is -3.51. The standard InChI is InChI=1S/C29H33FN2O8/c1-38-23-11-17(14-34)10-20-24-21(28(36)31-7-8-33)12-22(25(35)27(24)40-26(20)23)32(29(37)18-6-9-39-15-18)13-16-2-4-19(30)5-3-16/h2-5,10-12,18,22,24-25,27,33-35H,6-9,13-15H2,1H3,(H,31,36). The molecule has 5 unspecified atom stereocenters. The summed E-state index contributed by atoms with van der Waals surface area (Å²) in [6, 6.07) is 8.11. The summed E-state index contributed by atoms with van der Waals surface area (Å²) in [5.41, 5.74) is 2.01. The van der Waals surface area contributed by atoms with E-state index in [1.165, 1.54) is 24.1 Å². The summed E-state index contributed by atoms with van der Waals surface area (Å²) in [7, 11) is 1.46. The zero-order valence-corrected chi connectivity index (χ0v) is 22.1. The van der Waals surface area contributed by atoms with Crippen LogP contribution < -0.4 is 14.8 Å². The number of fused-ring (bicyclic) bond motifs is 3. The number of aliphatic hydroxyl groups excluding tert-OH is 3. The molecular weight excluding hydrogens is 523 g/mol. The number of ether oxygens (including phenoxy) is 3. The van der Waals surface area contributed by atoms with Crippen molar-refractivity contribution in [2.45, 2.75) is 43.7 Å². The highest BCUT2D eigenvalue weighted by Gasteiger charge is 2.52. The Morgan fingerprint density at radius 2 is 1.95 bits per heavy atom. The minimum Gasteiger partial charge on any atom is -0.493 e. The van der Waals surface area contributed by atoms with E-state index in [1.54, 1.807) is 30.3 Å². The predicted octanol–water partition coefficient (Wildman–Crippen LogP) is 1.01. The van der Waals surface area contributed by atoms with Gasteiger partial charge in [0, 0.05) is 30.8 Å². The predicted molar refractivity (Wildman–Crippen MR) is 140 cm³/mol. The van der Waals surface area contributed by atoms with Crippen LogP contribution in [0.1, 0.15) is 29.0 Å². The number of benzene rings is 2. The quantitative estimate of drug-likeness (QED) is 0.359. The lowest BCUT2D eigenvalue weighted by Crippen LogP contribution is -2.56. The summed E-state index contributed by atoms with van der Waals surface area (Å²) in [5.74, 6) is -1.62. The maximum Gasteiger partial charge on any atom is 0.247 e. The maximum atomic E-state index is 13.8. The fourth-order valence-electron chi connectivity index (χ4n) is 5.70. The Morgan fingerprint density at radius 1 is 1.18 bits per heavy atom. The summed E-state index contributed by atoms with van der Waals surface area (Å²) in [5, 5.41) is 33.6. The van der Waals surface area contributed by atoms with Gasteiger partial charge in [-0.25, -0.2) is 4.39 Å². The van der Waals surface area contributed by atoms with Gasteiger partial charge in [-0.3, -0.25) is 9.59 Å². The molecule has 5 rings (SSSR count). The first kappa shape index (κ1) is 28.0. The van der Waals surface area contributed by atoms with Crippen LogP contribution in [0, 0.1) is 11.7 Å². The normalized spacial score (nSPS) is 24.9. The number of rotatable bonds is 9. The SMILES string of the molecule is COc1cc(CO)cc2c1OC1C2C(C(=O)NCCO)=CC(N(Cc2ccc(F)cc2)C(=O)C2CCOC2)C1O. The van der Waals surface area contributed by atoms with Crippen molar-refractivity contribution in [3.05, 3.63) is 70.6 Å². The van der Waals surface area contributed by atoms with E-state index in [0.717, 1.165) is 0 Å². The molecule has 0 bridgehead atoms. The Kier molecular flexibility index (Phi) is 8.36. The van der Waals surface area contributed by atoms with E-state index in [0.29, 0.717) is 41.2 Å². The number of amides is 2. The molecule has 5 atom stereocenters. The highest BCUT2D eigenvalue weighted by molar-refractivity contribution is 5.96. The van der Waals surface area contributed by atoms with E-state index in [2.05, 4.69) is 5.32 Å². The molecule has 2 aromatic carbocycles. The molecule has 0 radical (unpaired) electrons. The van der Waals surface area contributed by atoms with Gasteiger partial charge in [0.15, 0.2) is 11.5 Å². The Morgan fingerprint density at radius 3 is 2.60 bits per heavy atom. The molecule has 3 aliphatic rings. The number of hydrogen-bond acceptors (Lipinski definition) is 8. The minimum atomic E-state index is -1.25. The smallest absolute Gasteiger partial charge is 0.247 e. The lowest BCUT2D eigenvalue weighted by Gasteiger charge is -2.41. The monoisotopic (exact) mass is 556 g/mol. The average molecular weight is 557 g/mol. The van der Waals surface area contributed by atoms with Crippen LogP contribution in [0.2, 0.25) is 0 Å². The number of halogens is 1. The van der Waals surface area contributed by atoms with Gasteiger partial charge >= 0.3 is 0 Å². The Labute approximate surface area is 231 Å². The second-order valence-corrected chi connectivity index (χ2v) is 10.2. The molecule has 0 aromatic heterocycles. The van der Waals surface area contributed by atoms with Gasteiger partial charge in [0.1, 0.15) is 18.0 Å². The Balaban J connectivity index is 1.59. The van der Waals surface area contributed by atoms with Crippen molar-refractivity contribution in [2.75, 3.05) is 33.5 Å². The summed E-state index contributed by atoms with van der Waals surface area (Å²) >= 11 is 0. The molecule has 4 N–H and O–H groups in total. The first-order chi connectivity index (χ1) is 19.4. The molecule has 2 amide bonds. The number of methoxy groups -OCH3 is 1. The van der Waals surface area contributed by atoms with Gasteiger partial charge in [-0.05, 0) is 47.9 Å². The van der Waals surface area contributed by atoms with Crippen LogP contribution in [0.3, 0.4) is 0 Å². The van der Waals surface area contributed by atoms with Gasteiger partial charge in [0.05, 0.1) is 44.8 Å². The second-order valence-electron chi connectivity index (χ2n) is 10.2. The van der Waals surface area contributed by atoms with E-state index in [9.17, 15) is 29.3 Å². The van der Waals surface area contributed by atoms with Gasteiger partial charge in [-0.2, -0.15) is 0 Å². The molecule has 0 spiro atoms. The summed E-state index contributed by atoms with van der Waals surface area (Å²) in [6.45, 7) is 0.198. The number of aliphatic hydroxyl groups is 3. The van der Waals surface area contributed by atoms with Gasteiger partial charge in [0.2, 0.25) is 11.8 Å². The van der Waals surface area contributed by atoms with Crippen molar-refractivity contribution in [1.82, 2.24) is 10.2 Å². The van der Waals surface area contributed by atoms with Crippen molar-refractivity contribution < 1.29 is 43.5 Å². The number of nitrogens with one attached hydrogen (secondary N) is 1. The van der Waals surface area contributed by atoms with Crippen LogP contribution in [0.4, 0.5) is 4.39 Å². The lowest BCUT2D eigenvalue weighted by atomic mass is 9.77. The topological polar surface area (TPSA) is 138 Å². The van der Waals surface area contributed by atoms with E-state index in [1.807, 2.05) is 0 Å². The molecule has 1 aliphatic carbocycles. The van der Waals surface area contributed by atoms with E-state index in [-0.39, 0.29) is 44.4 Å². The lowest BCUT2D eigenvalue weighted by molar-refractivity contribution is -0.142. The zero-order chi connectivity index (χ0) is 28.4.